The number of nitrogens with one attached hydrogen (secondary N) is 1. The molecule has 0 aliphatic heterocycles. The highest BCUT2D eigenvalue weighted by Gasteiger charge is 2.33. The maximum Gasteiger partial charge on any atom is 0.220 e. The molecule has 1 unspecified atom stereocenters. The van der Waals surface area contributed by atoms with Crippen molar-refractivity contribution in [2.24, 2.45) is 11.1 Å². The molecule has 2 rings (SSSR count). The third-order valence-corrected chi connectivity index (χ3v) is 5.17. The first-order valence-electron chi connectivity index (χ1n) is 9.25. The lowest BCUT2D eigenvalue weighted by Gasteiger charge is -2.36. The molecule has 24 heavy (non-hydrogen) atoms. The summed E-state index contributed by atoms with van der Waals surface area (Å²) in [5.74, 6) is 0.156. The molecule has 1 fully saturated rings. The summed E-state index contributed by atoms with van der Waals surface area (Å²) in [4.78, 5) is 14.7. The first-order valence-corrected chi connectivity index (χ1v) is 9.25. The van der Waals surface area contributed by atoms with Crippen molar-refractivity contribution in [1.29, 1.82) is 0 Å². The summed E-state index contributed by atoms with van der Waals surface area (Å²) >= 11 is 0. The fourth-order valence-electron chi connectivity index (χ4n) is 3.89. The van der Waals surface area contributed by atoms with Crippen LogP contribution in [0.25, 0.3) is 0 Å². The molecular weight excluding hydrogens is 298 g/mol. The molecule has 1 amide bonds. The van der Waals surface area contributed by atoms with Crippen molar-refractivity contribution in [1.82, 2.24) is 10.2 Å². The lowest BCUT2D eigenvalue weighted by molar-refractivity contribution is -0.124. The maximum absolute atomic E-state index is 12.4. The number of rotatable bonds is 8. The SMILES string of the molecule is CC(CN(C)Cc1ccccc1)NC(=O)CC1(CN)CCCCC1. The zero-order valence-electron chi connectivity index (χ0n) is 15.3. The van der Waals surface area contributed by atoms with Crippen LogP contribution in [0.2, 0.25) is 0 Å². The zero-order valence-corrected chi connectivity index (χ0v) is 15.3. The highest BCUT2D eigenvalue weighted by Crippen LogP contribution is 2.38. The molecule has 134 valence electrons. The van der Waals surface area contributed by atoms with Crippen LogP contribution in [0.1, 0.15) is 51.0 Å². The Labute approximate surface area is 146 Å². The van der Waals surface area contributed by atoms with E-state index in [2.05, 4.69) is 48.5 Å². The lowest BCUT2D eigenvalue weighted by Crippen LogP contribution is -2.44. The molecule has 4 nitrogen and oxygen atoms in total. The average molecular weight is 332 g/mol. The van der Waals surface area contributed by atoms with E-state index in [4.69, 9.17) is 5.73 Å². The fraction of sp³-hybridized carbons (Fsp3) is 0.650. The Morgan fingerprint density at radius 1 is 1.25 bits per heavy atom. The minimum atomic E-state index is 0.0397. The van der Waals surface area contributed by atoms with Gasteiger partial charge in [0.05, 0.1) is 0 Å². The van der Waals surface area contributed by atoms with Gasteiger partial charge in [0, 0.05) is 25.6 Å². The first kappa shape index (κ1) is 18.9. The Bertz CT molecular complexity index is 497. The molecule has 0 radical (unpaired) electrons. The molecule has 0 spiro atoms. The third kappa shape index (κ3) is 5.91. The van der Waals surface area contributed by atoms with Crippen LogP contribution in [0.4, 0.5) is 0 Å². The molecule has 1 saturated carbocycles. The van der Waals surface area contributed by atoms with E-state index in [0.717, 1.165) is 25.9 Å². The highest BCUT2D eigenvalue weighted by atomic mass is 16.1. The molecule has 1 aliphatic carbocycles. The second kappa shape index (κ2) is 9.19. The standard InChI is InChI=1S/C20H33N3O/c1-17(14-23(2)15-18-9-5-3-6-10-18)22-19(24)13-20(16-21)11-7-4-8-12-20/h3,5-6,9-10,17H,4,7-8,11-16,21H2,1-2H3,(H,22,24). The number of hydrogen-bond acceptors (Lipinski definition) is 3. The topological polar surface area (TPSA) is 58.4 Å². The minimum Gasteiger partial charge on any atom is -0.352 e. The predicted molar refractivity (Wildman–Crippen MR) is 99.6 cm³/mol. The summed E-state index contributed by atoms with van der Waals surface area (Å²) in [6.07, 6.45) is 6.47. The number of nitrogens with two attached hydrogens (primary N) is 1. The maximum atomic E-state index is 12.4. The Hall–Kier alpha value is -1.39. The number of hydrogen-bond donors (Lipinski definition) is 2. The van der Waals surface area contributed by atoms with Gasteiger partial charge in [-0.2, -0.15) is 0 Å². The molecule has 1 aromatic rings. The van der Waals surface area contributed by atoms with Crippen molar-refractivity contribution < 1.29 is 4.79 Å². The molecule has 1 aliphatic rings. The number of nitrogens with zero attached hydrogens (tertiary/aromatic N) is 1. The fourth-order valence-corrected chi connectivity index (χ4v) is 3.89. The van der Waals surface area contributed by atoms with Crippen LogP contribution in [0, 0.1) is 5.41 Å². The van der Waals surface area contributed by atoms with E-state index in [1.807, 2.05) is 6.07 Å². The van der Waals surface area contributed by atoms with Gasteiger partial charge in [-0.25, -0.2) is 0 Å². The monoisotopic (exact) mass is 331 g/mol. The first-order chi connectivity index (χ1) is 11.5. The minimum absolute atomic E-state index is 0.0397. The van der Waals surface area contributed by atoms with Gasteiger partial charge < -0.3 is 16.0 Å². The van der Waals surface area contributed by atoms with Crippen molar-refractivity contribution in [2.75, 3.05) is 20.1 Å². The number of benzene rings is 1. The molecule has 0 bridgehead atoms. The van der Waals surface area contributed by atoms with E-state index in [1.54, 1.807) is 0 Å². The summed E-state index contributed by atoms with van der Waals surface area (Å²) in [5, 5.41) is 3.17. The van der Waals surface area contributed by atoms with E-state index >= 15 is 0 Å². The van der Waals surface area contributed by atoms with E-state index in [1.165, 1.54) is 24.8 Å². The van der Waals surface area contributed by atoms with Crippen molar-refractivity contribution in [2.45, 2.75) is 58.0 Å². The van der Waals surface area contributed by atoms with Crippen molar-refractivity contribution in [3.63, 3.8) is 0 Å². The van der Waals surface area contributed by atoms with Crippen molar-refractivity contribution >= 4 is 5.91 Å². The van der Waals surface area contributed by atoms with Gasteiger partial charge in [0.1, 0.15) is 0 Å². The number of amides is 1. The van der Waals surface area contributed by atoms with Crippen LogP contribution in [-0.4, -0.2) is 37.0 Å². The largest absolute Gasteiger partial charge is 0.352 e. The normalized spacial score (nSPS) is 18.3. The van der Waals surface area contributed by atoms with Gasteiger partial charge in [-0.15, -0.1) is 0 Å². The number of carbonyl (C=O) groups is 1. The molecule has 1 atom stereocenters. The summed E-state index contributed by atoms with van der Waals surface area (Å²) in [5.41, 5.74) is 7.33. The summed E-state index contributed by atoms with van der Waals surface area (Å²) < 4.78 is 0. The Kier molecular flexibility index (Phi) is 7.25. The van der Waals surface area contributed by atoms with Crippen LogP contribution in [0.5, 0.6) is 0 Å². The van der Waals surface area contributed by atoms with E-state index in [9.17, 15) is 4.79 Å². The second-order valence-electron chi connectivity index (χ2n) is 7.59. The van der Waals surface area contributed by atoms with Crippen molar-refractivity contribution in [3.8, 4) is 0 Å². The second-order valence-corrected chi connectivity index (χ2v) is 7.59. The molecule has 3 N–H and O–H groups in total. The Balaban J connectivity index is 1.76. The summed E-state index contributed by atoms with van der Waals surface area (Å²) in [7, 11) is 2.10. The molecular formula is C20H33N3O. The quantitative estimate of drug-likeness (QED) is 0.770. The van der Waals surface area contributed by atoms with Gasteiger partial charge in [-0.05, 0) is 44.3 Å². The molecule has 4 heteroatoms. The van der Waals surface area contributed by atoms with Gasteiger partial charge in [0.15, 0.2) is 0 Å². The van der Waals surface area contributed by atoms with Gasteiger partial charge in [-0.1, -0.05) is 49.6 Å². The van der Waals surface area contributed by atoms with Gasteiger partial charge in [0.2, 0.25) is 5.91 Å². The predicted octanol–water partition coefficient (Wildman–Crippen LogP) is 2.92. The number of carbonyl (C=O) groups excluding carboxylic acids is 1. The molecule has 1 aromatic carbocycles. The van der Waals surface area contributed by atoms with Gasteiger partial charge >= 0.3 is 0 Å². The Morgan fingerprint density at radius 2 is 1.92 bits per heavy atom. The summed E-state index contributed by atoms with van der Waals surface area (Å²) in [6, 6.07) is 10.6. The van der Waals surface area contributed by atoms with Gasteiger partial charge in [-0.3, -0.25) is 4.79 Å². The van der Waals surface area contributed by atoms with Crippen LogP contribution in [-0.2, 0) is 11.3 Å². The van der Waals surface area contributed by atoms with Crippen LogP contribution >= 0.6 is 0 Å². The summed E-state index contributed by atoms with van der Waals surface area (Å²) in [6.45, 7) is 4.45. The van der Waals surface area contributed by atoms with Crippen molar-refractivity contribution in [3.05, 3.63) is 35.9 Å². The van der Waals surface area contributed by atoms with Crippen LogP contribution < -0.4 is 11.1 Å². The smallest absolute Gasteiger partial charge is 0.220 e. The van der Waals surface area contributed by atoms with E-state index in [0.29, 0.717) is 13.0 Å². The Morgan fingerprint density at radius 3 is 2.54 bits per heavy atom. The van der Waals surface area contributed by atoms with E-state index < -0.39 is 0 Å². The third-order valence-electron chi connectivity index (χ3n) is 5.17. The van der Waals surface area contributed by atoms with Crippen LogP contribution in [0.15, 0.2) is 30.3 Å². The highest BCUT2D eigenvalue weighted by molar-refractivity contribution is 5.77. The average Bonchev–Trinajstić information content (AvgIpc) is 2.56. The molecule has 0 saturated heterocycles. The lowest BCUT2D eigenvalue weighted by atomic mass is 9.71. The zero-order chi connectivity index (χ0) is 17.4. The van der Waals surface area contributed by atoms with Gasteiger partial charge in [0.25, 0.3) is 0 Å². The van der Waals surface area contributed by atoms with Crippen LogP contribution in [0.3, 0.4) is 0 Å². The molecule has 0 heterocycles. The number of likely N-dealkylation sites (N-methyl/N-ethyl adjacent to an activating group) is 1. The van der Waals surface area contributed by atoms with E-state index in [-0.39, 0.29) is 17.4 Å². The molecule has 0 aromatic heterocycles.